The Bertz CT molecular complexity index is 2540. The van der Waals surface area contributed by atoms with Gasteiger partial charge >= 0.3 is 30.2 Å². The molecule has 8 aromatic rings. The molecule has 0 nitrogen and oxygen atoms in total. The summed E-state index contributed by atoms with van der Waals surface area (Å²) in [4.78, 5) is 0. The summed E-state index contributed by atoms with van der Waals surface area (Å²) in [5.74, 6) is 1.69. The van der Waals surface area contributed by atoms with Crippen molar-refractivity contribution >= 4 is 53.2 Å². The van der Waals surface area contributed by atoms with Crippen LogP contribution in [0.1, 0.15) is 133 Å². The first-order valence-electron chi connectivity index (χ1n) is 26.0. The zero-order valence-corrected chi connectivity index (χ0v) is 50.5. The molecule has 2 radical (unpaired) electrons. The van der Waals surface area contributed by atoms with Gasteiger partial charge in [-0.25, -0.2) is 0 Å². The van der Waals surface area contributed by atoms with Gasteiger partial charge in [0.15, 0.2) is 0 Å². The Kier molecular flexibility index (Phi) is 23.8. The molecular weight excluding hydrogens is 1010 g/mol. The van der Waals surface area contributed by atoms with Gasteiger partial charge in [0.25, 0.3) is 0 Å². The Morgan fingerprint density at radius 1 is 0.361 bits per heavy atom. The van der Waals surface area contributed by atoms with Crippen LogP contribution in [-0.2, 0) is 36.2 Å². The first kappa shape index (κ1) is 60.8. The normalized spacial score (nSPS) is 13.9. The standard InChI is InChI=1S/2C33H37.2CH3.2ClH.Si.Zr/c2*1-22-13-23(2)16-28(15-22)30-11-12-31(29-17-24(3)14-25(4)18-29)33-21-27(20-32(30)33)19-26-9-7-5-6-8-10-26;;;;;;/h2*11-18,20-21,26H,5-10,19H2,1-4H3;2*1H3;2*1H;;/q4*-1;;;;. The topological polar surface area (TPSA) is 0 Å². The number of aryl methyl sites for hydroxylation is 8. The van der Waals surface area contributed by atoms with Crippen LogP contribution in [0.2, 0.25) is 0 Å². The molecule has 0 N–H and O–H groups in total. The van der Waals surface area contributed by atoms with Gasteiger partial charge in [-0.15, -0.1) is 69.6 Å². The molecule has 0 aliphatic heterocycles. The van der Waals surface area contributed by atoms with Crippen molar-refractivity contribution in [3.63, 3.8) is 0 Å². The second-order valence-corrected chi connectivity index (χ2v) is 21.3. The molecule has 0 heterocycles. The van der Waals surface area contributed by atoms with Crippen LogP contribution in [0.25, 0.3) is 66.1 Å². The van der Waals surface area contributed by atoms with E-state index in [2.05, 4.69) is 184 Å². The van der Waals surface area contributed by atoms with Gasteiger partial charge < -0.3 is 14.9 Å². The maximum atomic E-state index is 3.06. The van der Waals surface area contributed by atoms with Crippen molar-refractivity contribution in [3.05, 3.63) is 192 Å². The summed E-state index contributed by atoms with van der Waals surface area (Å²) in [6.45, 7) is 20.7. The molecule has 10 rings (SSSR count). The quantitative estimate of drug-likeness (QED) is 0.0808. The van der Waals surface area contributed by atoms with Gasteiger partial charge in [-0.3, -0.25) is 0 Å². The second-order valence-electron chi connectivity index (χ2n) is 21.3. The summed E-state index contributed by atoms with van der Waals surface area (Å²) >= 11 is 1.36. The van der Waals surface area contributed by atoms with E-state index in [0.717, 1.165) is 11.8 Å². The molecule has 0 unspecified atom stereocenters. The Labute approximate surface area is 466 Å². The summed E-state index contributed by atoms with van der Waals surface area (Å²) < 4.78 is 0. The molecule has 2 fully saturated rings. The zero-order chi connectivity index (χ0) is 47.9. The molecule has 2 aliphatic carbocycles. The fourth-order valence-electron chi connectivity index (χ4n) is 12.3. The van der Waals surface area contributed by atoms with Crippen molar-refractivity contribution in [2.45, 2.75) is 145 Å². The van der Waals surface area contributed by atoms with Crippen molar-refractivity contribution in [2.75, 3.05) is 0 Å². The molecule has 8 aromatic carbocycles. The van der Waals surface area contributed by atoms with E-state index in [4.69, 9.17) is 0 Å². The van der Waals surface area contributed by atoms with Gasteiger partial charge in [0.2, 0.25) is 0 Å². The van der Waals surface area contributed by atoms with E-state index < -0.39 is 0 Å². The molecular formula is C68H82Cl2SiZr-4. The fourth-order valence-corrected chi connectivity index (χ4v) is 12.3. The molecule has 0 amide bonds. The minimum absolute atomic E-state index is 0. The van der Waals surface area contributed by atoms with Gasteiger partial charge in [0.1, 0.15) is 0 Å². The van der Waals surface area contributed by atoms with Crippen LogP contribution in [-0.4, -0.2) is 6.88 Å². The summed E-state index contributed by atoms with van der Waals surface area (Å²) in [6, 6.07) is 47.3. The van der Waals surface area contributed by atoms with Crippen LogP contribution >= 0.6 is 24.8 Å². The number of rotatable bonds is 8. The van der Waals surface area contributed by atoms with Gasteiger partial charge in [-0.05, 0) is 91.2 Å². The van der Waals surface area contributed by atoms with Crippen LogP contribution in [0.5, 0.6) is 0 Å². The minimum atomic E-state index is 0. The Morgan fingerprint density at radius 3 is 0.861 bits per heavy atom. The van der Waals surface area contributed by atoms with E-state index in [1.807, 2.05) is 0 Å². The number of fused-ring (bicyclic) bond motifs is 2. The average molecular weight is 1090 g/mol. The predicted molar refractivity (Wildman–Crippen MR) is 322 cm³/mol. The molecule has 4 heteroatoms. The van der Waals surface area contributed by atoms with Crippen molar-refractivity contribution in [3.8, 4) is 44.5 Å². The third kappa shape index (κ3) is 15.2. The third-order valence-electron chi connectivity index (χ3n) is 15.0. The van der Waals surface area contributed by atoms with Crippen LogP contribution in [0.15, 0.2) is 121 Å². The predicted octanol–water partition coefficient (Wildman–Crippen LogP) is 20.6. The van der Waals surface area contributed by atoms with Gasteiger partial charge in [-0.1, -0.05) is 252 Å². The maximum absolute atomic E-state index is 3.06. The van der Waals surface area contributed by atoms with Gasteiger partial charge in [0.05, 0.1) is 0 Å². The summed E-state index contributed by atoms with van der Waals surface area (Å²) in [5, 5.41) is 5.67. The van der Waals surface area contributed by atoms with Crippen molar-refractivity contribution < 1.29 is 23.3 Å². The van der Waals surface area contributed by atoms with Gasteiger partial charge in [0, 0.05) is 0 Å². The van der Waals surface area contributed by atoms with E-state index in [1.54, 1.807) is 0 Å². The summed E-state index contributed by atoms with van der Waals surface area (Å²) in [5.41, 5.74) is 24.6. The van der Waals surface area contributed by atoms with Crippen molar-refractivity contribution in [2.24, 2.45) is 11.8 Å². The van der Waals surface area contributed by atoms with E-state index >= 15 is 0 Å². The van der Waals surface area contributed by atoms with Crippen LogP contribution in [0.4, 0.5) is 0 Å². The molecule has 2 saturated carbocycles. The van der Waals surface area contributed by atoms with Crippen LogP contribution in [0.3, 0.4) is 0 Å². The molecule has 2 aliphatic rings. The zero-order valence-electron chi connectivity index (χ0n) is 45.4. The number of hydrogen-bond acceptors (Lipinski definition) is 0. The van der Waals surface area contributed by atoms with E-state index in [0.29, 0.717) is 0 Å². The van der Waals surface area contributed by atoms with Crippen molar-refractivity contribution in [1.82, 2.24) is 0 Å². The van der Waals surface area contributed by atoms with E-state index in [-0.39, 0.29) is 39.7 Å². The number of hydrogen-bond donors (Lipinski definition) is 0. The SMILES string of the molecule is Cc1cc(C)cc(-c2ccc(-c3cc(C)cc(C)c3)c3[cH-]c(CC4CCCCCC4)cc23)c1.Cc1cc(C)cc(-c2ccc(-c3cc(C)cc(C)c3)c3[cH-]c(CC4CCCCCC4)cc23)c1.Cl.Cl.[CH3-].[CH3-].[Si]=[Zr]. The Balaban J connectivity index is 0.000000287. The van der Waals surface area contributed by atoms with Gasteiger partial charge in [-0.2, -0.15) is 12.1 Å². The molecule has 380 valence electrons. The Morgan fingerprint density at radius 2 is 0.597 bits per heavy atom. The molecule has 72 heavy (non-hydrogen) atoms. The number of halogens is 2. The van der Waals surface area contributed by atoms with Crippen LogP contribution < -0.4 is 0 Å². The molecule has 0 spiro atoms. The number of benzene rings is 6. The second kappa shape index (κ2) is 28.2. The van der Waals surface area contributed by atoms with Crippen molar-refractivity contribution in [1.29, 1.82) is 0 Å². The molecule has 0 bridgehead atoms. The first-order valence-corrected chi connectivity index (χ1v) is 30.2. The molecule has 0 aromatic heterocycles. The molecule has 0 atom stereocenters. The van der Waals surface area contributed by atoms with Crippen LogP contribution in [0, 0.1) is 82.1 Å². The summed E-state index contributed by atoms with van der Waals surface area (Å²) in [7, 11) is 0. The summed E-state index contributed by atoms with van der Waals surface area (Å²) in [6.07, 6.45) is 19.4. The monoisotopic (exact) mass is 1090 g/mol. The fraction of sp³-hybridized carbons (Fsp3) is 0.353. The van der Waals surface area contributed by atoms with E-state index in [9.17, 15) is 0 Å². The first-order chi connectivity index (χ1) is 32.9. The molecule has 0 saturated heterocycles. The average Bonchev–Trinajstić information content (AvgIpc) is 3.69. The third-order valence-corrected chi connectivity index (χ3v) is 15.0. The Hall–Kier alpha value is -3.78. The van der Waals surface area contributed by atoms with E-state index in [1.165, 1.54) is 235 Å².